The molecule has 9 heavy (non-hydrogen) atoms. The first-order chi connectivity index (χ1) is 3.39. The fourth-order valence-electron chi connectivity index (χ4n) is 1.08. The van der Waals surface area contributed by atoms with Crippen LogP contribution in [0.5, 0.6) is 0 Å². The first kappa shape index (κ1) is 13.1. The van der Waals surface area contributed by atoms with E-state index in [1.165, 1.54) is 32.1 Å². The summed E-state index contributed by atoms with van der Waals surface area (Å²) in [5.41, 5.74) is 0. The Morgan fingerprint density at radius 1 is 0.889 bits per heavy atom. The third-order valence-electron chi connectivity index (χ3n) is 1.57. The van der Waals surface area contributed by atoms with Gasteiger partial charge in [0.2, 0.25) is 0 Å². The van der Waals surface area contributed by atoms with Gasteiger partial charge in [0.25, 0.3) is 0 Å². The van der Waals surface area contributed by atoms with Crippen molar-refractivity contribution in [2.45, 2.75) is 36.8 Å². The van der Waals surface area contributed by atoms with Crippen LogP contribution < -0.4 is 0 Å². The summed E-state index contributed by atoms with van der Waals surface area (Å²) in [6.45, 7) is 0. The van der Waals surface area contributed by atoms with Crippen molar-refractivity contribution in [1.29, 1.82) is 0 Å². The van der Waals surface area contributed by atoms with Crippen LogP contribution in [0.4, 0.5) is 0 Å². The Labute approximate surface area is 87.2 Å². The first-order valence-corrected chi connectivity index (χ1v) is 4.16. The molecule has 0 aromatic heterocycles. The van der Waals surface area contributed by atoms with E-state index in [-0.39, 0.29) is 34.0 Å². The normalized spacial score (nSPS) is 19.7. The van der Waals surface area contributed by atoms with E-state index in [1.807, 2.05) is 0 Å². The van der Waals surface area contributed by atoms with Gasteiger partial charge in [0, 0.05) is 0 Å². The van der Waals surface area contributed by atoms with Crippen LogP contribution >= 0.6 is 34.0 Å². The zero-order valence-corrected chi connectivity index (χ0v) is 10.7. The summed E-state index contributed by atoms with van der Waals surface area (Å²) in [6, 6.07) is 0. The molecule has 3 heteroatoms. The third kappa shape index (κ3) is 5.94. The van der Waals surface area contributed by atoms with Gasteiger partial charge in [0.15, 0.2) is 0 Å². The summed E-state index contributed by atoms with van der Waals surface area (Å²) in [6.07, 6.45) is 7.34. The van der Waals surface area contributed by atoms with Crippen LogP contribution in [-0.2, 0) is 0 Å². The molecule has 0 N–H and O–H groups in total. The molecule has 0 saturated heterocycles. The zero-order valence-electron chi connectivity index (χ0n) is 5.38. The predicted molar refractivity (Wildman–Crippen MR) is 53.2 cm³/mol. The topological polar surface area (TPSA) is 0 Å². The summed E-state index contributed by atoms with van der Waals surface area (Å²) >= 11 is 2.77. The Kier molecular flexibility index (Phi) is 11.1. The van der Waals surface area contributed by atoms with Crippen molar-refractivity contribution < 1.29 is 0 Å². The second kappa shape index (κ2) is 7.62. The standard InChI is InChI=1S/C6H11As.2BrH/c7-6-4-2-1-3-5-6;;/h6H,1-5H2;2*1H. The van der Waals surface area contributed by atoms with Gasteiger partial charge in [-0.05, 0) is 0 Å². The molecule has 1 saturated carbocycles. The van der Waals surface area contributed by atoms with Crippen molar-refractivity contribution in [2.24, 2.45) is 0 Å². The monoisotopic (exact) mass is 318 g/mol. The van der Waals surface area contributed by atoms with E-state index in [9.17, 15) is 0 Å². The molecule has 0 heterocycles. The van der Waals surface area contributed by atoms with Gasteiger partial charge in [-0.3, -0.25) is 0 Å². The minimum absolute atomic E-state index is 0. The van der Waals surface area contributed by atoms with Gasteiger partial charge in [-0.1, -0.05) is 0 Å². The predicted octanol–water partition coefficient (Wildman–Crippen LogP) is 3.06. The van der Waals surface area contributed by atoms with E-state index in [4.69, 9.17) is 0 Å². The molecule has 56 valence electrons. The molecule has 0 aromatic carbocycles. The number of hydrogen-bond acceptors (Lipinski definition) is 0. The van der Waals surface area contributed by atoms with Crippen LogP contribution in [0.3, 0.4) is 0 Å². The van der Waals surface area contributed by atoms with E-state index >= 15 is 0 Å². The molecule has 1 rings (SSSR count). The summed E-state index contributed by atoms with van der Waals surface area (Å²) in [7, 11) is 0. The van der Waals surface area contributed by atoms with Crippen LogP contribution in [0.15, 0.2) is 0 Å². The summed E-state index contributed by atoms with van der Waals surface area (Å²) < 4.78 is 0.973. The molecular weight excluding hydrogens is 307 g/mol. The molecule has 0 aromatic rings. The van der Waals surface area contributed by atoms with Crippen LogP contribution in [0.2, 0.25) is 4.71 Å². The van der Waals surface area contributed by atoms with E-state index < -0.39 is 0 Å². The molecular formula is C6H13AsBr2. The molecule has 1 aliphatic carbocycles. The Morgan fingerprint density at radius 2 is 1.33 bits per heavy atom. The maximum absolute atomic E-state index is 2.77. The van der Waals surface area contributed by atoms with Crippen molar-refractivity contribution in [1.82, 2.24) is 0 Å². The van der Waals surface area contributed by atoms with Crippen molar-refractivity contribution in [3.05, 3.63) is 0 Å². The molecule has 0 amide bonds. The molecule has 1 aliphatic rings. The first-order valence-electron chi connectivity index (χ1n) is 3.07. The SMILES string of the molecule is Br.Br.[As]C1CCCCC1. The van der Waals surface area contributed by atoms with Gasteiger partial charge < -0.3 is 0 Å². The van der Waals surface area contributed by atoms with Crippen molar-refractivity contribution in [2.75, 3.05) is 0 Å². The number of halogens is 2. The molecule has 2 radical (unpaired) electrons. The fraction of sp³-hybridized carbons (Fsp3) is 1.00. The number of rotatable bonds is 0. The van der Waals surface area contributed by atoms with Crippen molar-refractivity contribution in [3.63, 3.8) is 0 Å². The third-order valence-corrected chi connectivity index (χ3v) is 2.66. The Morgan fingerprint density at radius 3 is 1.56 bits per heavy atom. The van der Waals surface area contributed by atoms with E-state index in [2.05, 4.69) is 16.9 Å². The summed E-state index contributed by atoms with van der Waals surface area (Å²) in [5, 5.41) is 0. The van der Waals surface area contributed by atoms with Crippen LogP contribution in [-0.4, -0.2) is 16.9 Å². The average Bonchev–Trinajstić information content (AvgIpc) is 1.69. The average molecular weight is 320 g/mol. The van der Waals surface area contributed by atoms with Crippen LogP contribution in [0, 0.1) is 0 Å². The second-order valence-electron chi connectivity index (χ2n) is 2.29. The van der Waals surface area contributed by atoms with Crippen molar-refractivity contribution >= 4 is 50.8 Å². The van der Waals surface area contributed by atoms with Crippen molar-refractivity contribution in [3.8, 4) is 0 Å². The number of hydrogen-bond donors (Lipinski definition) is 0. The van der Waals surface area contributed by atoms with Crippen LogP contribution in [0.1, 0.15) is 32.1 Å². The van der Waals surface area contributed by atoms with Gasteiger partial charge in [-0.25, -0.2) is 0 Å². The maximum atomic E-state index is 2.77. The Hall–Kier alpha value is 1.52. The van der Waals surface area contributed by atoms with Gasteiger partial charge in [0.05, 0.1) is 0 Å². The molecule has 0 unspecified atom stereocenters. The summed E-state index contributed by atoms with van der Waals surface area (Å²) in [5.74, 6) is 0. The van der Waals surface area contributed by atoms with E-state index in [0.717, 1.165) is 4.71 Å². The second-order valence-corrected chi connectivity index (χ2v) is 3.82. The molecule has 0 bridgehead atoms. The van der Waals surface area contributed by atoms with Gasteiger partial charge in [-0.15, -0.1) is 34.0 Å². The zero-order chi connectivity index (χ0) is 5.11. The van der Waals surface area contributed by atoms with E-state index in [0.29, 0.717) is 0 Å². The molecule has 0 atom stereocenters. The van der Waals surface area contributed by atoms with E-state index in [1.54, 1.807) is 0 Å². The Balaban J connectivity index is 0. The van der Waals surface area contributed by atoms with Gasteiger partial charge >= 0.3 is 53.7 Å². The molecule has 0 aliphatic heterocycles. The van der Waals surface area contributed by atoms with Gasteiger partial charge in [0.1, 0.15) is 0 Å². The molecule has 0 spiro atoms. The molecule has 1 fully saturated rings. The summed E-state index contributed by atoms with van der Waals surface area (Å²) in [4.78, 5) is 0. The quantitative estimate of drug-likeness (QED) is 0.602. The molecule has 0 nitrogen and oxygen atoms in total. The van der Waals surface area contributed by atoms with Crippen LogP contribution in [0.25, 0.3) is 0 Å². The van der Waals surface area contributed by atoms with Gasteiger partial charge in [-0.2, -0.15) is 0 Å². The fourth-order valence-corrected chi connectivity index (χ4v) is 1.85. The Bertz CT molecular complexity index is 53.0. The minimum atomic E-state index is 0.